The molecule has 1 aliphatic rings. The van der Waals surface area contributed by atoms with Gasteiger partial charge in [0.15, 0.2) is 0 Å². The molecule has 1 unspecified atom stereocenters. The van der Waals surface area contributed by atoms with Crippen LogP contribution in [-0.4, -0.2) is 18.0 Å². The largest absolute Gasteiger partial charge is 0.303 e. The van der Waals surface area contributed by atoms with Crippen LogP contribution in [0.2, 0.25) is 5.02 Å². The van der Waals surface area contributed by atoms with Crippen molar-refractivity contribution in [3.8, 4) is 0 Å². The van der Waals surface area contributed by atoms with Crippen molar-refractivity contribution < 1.29 is 4.79 Å². The van der Waals surface area contributed by atoms with Crippen LogP contribution in [0.5, 0.6) is 0 Å². The smallest absolute Gasteiger partial charge is 0.122 e. The molecule has 0 amide bonds. The van der Waals surface area contributed by atoms with Crippen molar-refractivity contribution in [2.75, 3.05) is 0 Å². The van der Waals surface area contributed by atoms with Crippen LogP contribution in [0.3, 0.4) is 0 Å². The average Bonchev–Trinajstić information content (AvgIpc) is 2.53. The summed E-state index contributed by atoms with van der Waals surface area (Å²) < 4.78 is 0. The van der Waals surface area contributed by atoms with Crippen molar-refractivity contribution >= 4 is 23.6 Å². The highest BCUT2D eigenvalue weighted by Gasteiger charge is 2.20. The predicted molar refractivity (Wildman–Crippen MR) is 84.6 cm³/mol. The lowest BCUT2D eigenvalue weighted by atomic mass is 9.95. The van der Waals surface area contributed by atoms with Gasteiger partial charge in [0.25, 0.3) is 0 Å². The molecular formula is C17H18ClNO. The minimum absolute atomic E-state index is 0.00706. The zero-order valence-electron chi connectivity index (χ0n) is 11.8. The molecule has 1 aromatic rings. The standard InChI is InChI=1S/C17H18ClNO/c1-11-10-16(8-9-20)19-17(13(3)12(11)2)14-4-6-15(18)7-5-14/h4-7,9,16H,3,8,10H2,1-2H3. The van der Waals surface area contributed by atoms with Gasteiger partial charge in [-0.2, -0.15) is 0 Å². The van der Waals surface area contributed by atoms with Crippen molar-refractivity contribution in [2.45, 2.75) is 32.7 Å². The van der Waals surface area contributed by atoms with Crippen LogP contribution >= 0.6 is 11.6 Å². The molecule has 20 heavy (non-hydrogen) atoms. The fraction of sp³-hybridized carbons (Fsp3) is 0.294. The molecule has 0 aliphatic carbocycles. The van der Waals surface area contributed by atoms with Gasteiger partial charge >= 0.3 is 0 Å². The van der Waals surface area contributed by atoms with E-state index >= 15 is 0 Å². The molecule has 1 heterocycles. The van der Waals surface area contributed by atoms with Crippen molar-refractivity contribution in [2.24, 2.45) is 4.99 Å². The molecule has 0 N–H and O–H groups in total. The number of allylic oxidation sites excluding steroid dienone is 2. The third-order valence-electron chi connectivity index (χ3n) is 3.72. The van der Waals surface area contributed by atoms with Gasteiger partial charge in [-0.3, -0.25) is 4.99 Å². The van der Waals surface area contributed by atoms with Crippen molar-refractivity contribution in [3.05, 3.63) is 58.1 Å². The summed E-state index contributed by atoms with van der Waals surface area (Å²) in [6, 6.07) is 7.57. The van der Waals surface area contributed by atoms with E-state index in [4.69, 9.17) is 16.6 Å². The molecule has 2 rings (SSSR count). The van der Waals surface area contributed by atoms with Crippen molar-refractivity contribution in [1.29, 1.82) is 0 Å². The number of rotatable bonds is 3. The van der Waals surface area contributed by atoms with Gasteiger partial charge in [-0.1, -0.05) is 35.9 Å². The summed E-state index contributed by atoms with van der Waals surface area (Å²) in [4.78, 5) is 15.6. The molecule has 1 aliphatic heterocycles. The van der Waals surface area contributed by atoms with Crippen molar-refractivity contribution in [3.63, 3.8) is 0 Å². The Labute approximate surface area is 124 Å². The first-order valence-electron chi connectivity index (χ1n) is 6.66. The zero-order valence-corrected chi connectivity index (χ0v) is 12.6. The molecule has 0 saturated carbocycles. The quantitative estimate of drug-likeness (QED) is 0.759. The maximum Gasteiger partial charge on any atom is 0.122 e. The van der Waals surface area contributed by atoms with E-state index in [0.29, 0.717) is 11.4 Å². The Morgan fingerprint density at radius 2 is 2.00 bits per heavy atom. The van der Waals surface area contributed by atoms with Crippen LogP contribution in [0.15, 0.2) is 52.6 Å². The maximum atomic E-state index is 10.8. The Morgan fingerprint density at radius 1 is 1.35 bits per heavy atom. The number of hydrogen-bond donors (Lipinski definition) is 0. The average molecular weight is 288 g/mol. The van der Waals surface area contributed by atoms with Gasteiger partial charge < -0.3 is 4.79 Å². The first-order valence-corrected chi connectivity index (χ1v) is 7.04. The van der Waals surface area contributed by atoms with Gasteiger partial charge in [0, 0.05) is 17.0 Å². The lowest BCUT2D eigenvalue weighted by Gasteiger charge is -2.11. The number of benzene rings is 1. The lowest BCUT2D eigenvalue weighted by Crippen LogP contribution is -2.10. The summed E-state index contributed by atoms with van der Waals surface area (Å²) in [5.74, 6) is 0. The minimum Gasteiger partial charge on any atom is -0.303 e. The van der Waals surface area contributed by atoms with Gasteiger partial charge in [-0.15, -0.1) is 0 Å². The molecule has 3 heteroatoms. The molecular weight excluding hydrogens is 270 g/mol. The maximum absolute atomic E-state index is 10.8. The Hall–Kier alpha value is -1.67. The van der Waals surface area contributed by atoms with E-state index < -0.39 is 0 Å². The number of carbonyl (C=O) groups excluding carboxylic acids is 1. The van der Waals surface area contributed by atoms with E-state index in [1.165, 1.54) is 5.57 Å². The number of aldehydes is 1. The number of carbonyl (C=O) groups is 1. The number of hydrogen-bond acceptors (Lipinski definition) is 2. The SMILES string of the molecule is C=C1C(c2ccc(Cl)cc2)=NC(CC=O)CC(C)=C1C. The van der Waals surface area contributed by atoms with Gasteiger partial charge in [0.1, 0.15) is 6.29 Å². The van der Waals surface area contributed by atoms with Gasteiger partial charge in [-0.25, -0.2) is 0 Å². The Morgan fingerprint density at radius 3 is 2.60 bits per heavy atom. The van der Waals surface area contributed by atoms with Crippen LogP contribution in [0.25, 0.3) is 0 Å². The van der Waals surface area contributed by atoms with Crippen LogP contribution in [0.1, 0.15) is 32.3 Å². The number of nitrogens with zero attached hydrogens (tertiary/aromatic N) is 1. The van der Waals surface area contributed by atoms with E-state index in [1.807, 2.05) is 24.3 Å². The van der Waals surface area contributed by atoms with E-state index in [-0.39, 0.29) is 6.04 Å². The minimum atomic E-state index is -0.00706. The molecule has 0 bridgehead atoms. The second kappa shape index (κ2) is 6.19. The second-order valence-corrected chi connectivity index (χ2v) is 5.57. The highest BCUT2D eigenvalue weighted by molar-refractivity contribution is 6.30. The van der Waals surface area contributed by atoms with E-state index in [1.54, 1.807) is 0 Å². The molecule has 1 aromatic carbocycles. The van der Waals surface area contributed by atoms with Crippen LogP contribution in [-0.2, 0) is 4.79 Å². The molecule has 0 aromatic heterocycles. The highest BCUT2D eigenvalue weighted by Crippen LogP contribution is 2.27. The van der Waals surface area contributed by atoms with Crippen LogP contribution in [0.4, 0.5) is 0 Å². The first kappa shape index (κ1) is 14.7. The van der Waals surface area contributed by atoms with Gasteiger partial charge in [0.05, 0.1) is 11.8 Å². The fourth-order valence-electron chi connectivity index (χ4n) is 2.35. The van der Waals surface area contributed by atoms with Crippen LogP contribution < -0.4 is 0 Å². The molecule has 104 valence electrons. The van der Waals surface area contributed by atoms with E-state index in [0.717, 1.165) is 35.1 Å². The summed E-state index contributed by atoms with van der Waals surface area (Å²) in [5.41, 5.74) is 5.19. The topological polar surface area (TPSA) is 29.4 Å². The normalized spacial score (nSPS) is 19.6. The van der Waals surface area contributed by atoms with Crippen molar-refractivity contribution in [1.82, 2.24) is 0 Å². The molecule has 0 fully saturated rings. The van der Waals surface area contributed by atoms with E-state index in [2.05, 4.69) is 20.4 Å². The zero-order chi connectivity index (χ0) is 14.7. The monoisotopic (exact) mass is 287 g/mol. The molecule has 0 saturated heterocycles. The number of aliphatic imine (C=N–C) groups is 1. The highest BCUT2D eigenvalue weighted by atomic mass is 35.5. The van der Waals surface area contributed by atoms with Gasteiger partial charge in [0.2, 0.25) is 0 Å². The fourth-order valence-corrected chi connectivity index (χ4v) is 2.48. The Bertz CT molecular complexity index is 596. The first-order chi connectivity index (χ1) is 9.52. The predicted octanol–water partition coefficient (Wildman–Crippen LogP) is 4.38. The van der Waals surface area contributed by atoms with E-state index in [9.17, 15) is 4.79 Å². The Balaban J connectivity index is 2.48. The molecule has 2 nitrogen and oxygen atoms in total. The third-order valence-corrected chi connectivity index (χ3v) is 3.97. The molecule has 1 atom stereocenters. The third kappa shape index (κ3) is 3.07. The summed E-state index contributed by atoms with van der Waals surface area (Å²) in [6.07, 6.45) is 2.18. The summed E-state index contributed by atoms with van der Waals surface area (Å²) >= 11 is 5.93. The Kier molecular flexibility index (Phi) is 4.56. The summed E-state index contributed by atoms with van der Waals surface area (Å²) in [6.45, 7) is 8.31. The lowest BCUT2D eigenvalue weighted by molar-refractivity contribution is -0.108. The van der Waals surface area contributed by atoms with Crippen LogP contribution in [0, 0.1) is 0 Å². The summed E-state index contributed by atoms with van der Waals surface area (Å²) in [7, 11) is 0. The molecule has 0 radical (unpaired) electrons. The second-order valence-electron chi connectivity index (χ2n) is 5.13. The number of halogens is 1. The summed E-state index contributed by atoms with van der Waals surface area (Å²) in [5, 5.41) is 0.696. The molecule has 0 spiro atoms. The van der Waals surface area contributed by atoms with Gasteiger partial charge in [-0.05, 0) is 43.5 Å².